The SMILES string of the molecule is CCCCOC(=O)C1=CC(=O)C(C(=O)OCCCC)=C(S(=O)(=O)c2ccc(Br)cc2)C1=O. The highest BCUT2D eigenvalue weighted by molar-refractivity contribution is 9.10. The Kier molecular flexibility index (Phi) is 9.09. The standard InChI is InChI=1S/C22H23BrO8S/c1-3-5-11-30-21(26)16-13-17(24)18(22(27)31-12-6-4-2)20(19(16)25)32(28,29)15-9-7-14(23)8-10-15/h7-10,13H,3-6,11-12H2,1-2H3. The first-order valence-electron chi connectivity index (χ1n) is 10.0. The molecule has 0 heterocycles. The molecular weight excluding hydrogens is 504 g/mol. The first-order chi connectivity index (χ1) is 15.1. The summed E-state index contributed by atoms with van der Waals surface area (Å²) in [6.45, 7) is 3.66. The number of sulfone groups is 1. The van der Waals surface area contributed by atoms with E-state index < -0.39 is 49.4 Å². The summed E-state index contributed by atoms with van der Waals surface area (Å²) >= 11 is 3.19. The van der Waals surface area contributed by atoms with Crippen molar-refractivity contribution < 1.29 is 37.1 Å². The predicted octanol–water partition coefficient (Wildman–Crippen LogP) is 3.24. The van der Waals surface area contributed by atoms with Crippen molar-refractivity contribution in [3.05, 3.63) is 50.9 Å². The zero-order valence-corrected chi connectivity index (χ0v) is 20.1. The van der Waals surface area contributed by atoms with Crippen LogP contribution in [0.15, 0.2) is 55.8 Å². The molecule has 1 aliphatic rings. The topological polar surface area (TPSA) is 121 Å². The average Bonchev–Trinajstić information content (AvgIpc) is 2.75. The van der Waals surface area contributed by atoms with Crippen LogP contribution in [-0.4, -0.2) is 45.1 Å². The molecule has 8 nitrogen and oxygen atoms in total. The monoisotopic (exact) mass is 526 g/mol. The minimum atomic E-state index is -4.64. The third-order valence-electron chi connectivity index (χ3n) is 4.48. The van der Waals surface area contributed by atoms with Crippen LogP contribution in [0, 0.1) is 0 Å². The first-order valence-corrected chi connectivity index (χ1v) is 12.3. The normalized spacial score (nSPS) is 14.3. The lowest BCUT2D eigenvalue weighted by Gasteiger charge is -2.18. The van der Waals surface area contributed by atoms with Crippen LogP contribution in [0.4, 0.5) is 0 Å². The van der Waals surface area contributed by atoms with E-state index in [1.165, 1.54) is 24.3 Å². The van der Waals surface area contributed by atoms with Crippen molar-refractivity contribution >= 4 is 49.3 Å². The van der Waals surface area contributed by atoms with Gasteiger partial charge in [-0.3, -0.25) is 9.59 Å². The molecule has 0 saturated carbocycles. The Morgan fingerprint density at radius 2 is 1.44 bits per heavy atom. The van der Waals surface area contributed by atoms with Crippen molar-refractivity contribution in [3.8, 4) is 0 Å². The van der Waals surface area contributed by atoms with Gasteiger partial charge in [0.05, 0.1) is 18.1 Å². The molecule has 0 amide bonds. The molecule has 0 aromatic heterocycles. The zero-order valence-electron chi connectivity index (χ0n) is 17.7. The molecular formula is C22H23BrO8S. The van der Waals surface area contributed by atoms with Crippen LogP contribution in [-0.2, 0) is 38.5 Å². The largest absolute Gasteiger partial charge is 0.462 e. The summed E-state index contributed by atoms with van der Waals surface area (Å²) < 4.78 is 37.2. The molecule has 1 aromatic rings. The molecule has 0 unspecified atom stereocenters. The number of halogens is 1. The third kappa shape index (κ3) is 5.80. The fourth-order valence-corrected chi connectivity index (χ4v) is 4.52. The van der Waals surface area contributed by atoms with Gasteiger partial charge in [0.1, 0.15) is 16.1 Å². The minimum Gasteiger partial charge on any atom is -0.462 e. The number of hydrogen-bond acceptors (Lipinski definition) is 8. The van der Waals surface area contributed by atoms with Gasteiger partial charge in [-0.15, -0.1) is 0 Å². The van der Waals surface area contributed by atoms with Gasteiger partial charge in [0.2, 0.25) is 15.6 Å². The van der Waals surface area contributed by atoms with Crippen LogP contribution in [0.5, 0.6) is 0 Å². The quantitative estimate of drug-likeness (QED) is 0.197. The number of ketones is 2. The van der Waals surface area contributed by atoms with E-state index in [4.69, 9.17) is 9.47 Å². The Labute approximate surface area is 194 Å². The molecule has 0 bridgehead atoms. The second-order valence-electron chi connectivity index (χ2n) is 6.89. The molecule has 0 radical (unpaired) electrons. The van der Waals surface area contributed by atoms with Gasteiger partial charge < -0.3 is 9.47 Å². The molecule has 0 N–H and O–H groups in total. The number of carbonyl (C=O) groups is 4. The average molecular weight is 527 g/mol. The lowest BCUT2D eigenvalue weighted by atomic mass is 9.96. The van der Waals surface area contributed by atoms with E-state index in [0.29, 0.717) is 29.8 Å². The van der Waals surface area contributed by atoms with Crippen LogP contribution in [0.1, 0.15) is 39.5 Å². The Hall–Kier alpha value is -2.59. The number of allylic oxidation sites excluding steroid dienone is 2. The fourth-order valence-electron chi connectivity index (χ4n) is 2.72. The fraction of sp³-hybridized carbons (Fsp3) is 0.364. The lowest BCUT2D eigenvalue weighted by molar-refractivity contribution is -0.143. The van der Waals surface area contributed by atoms with E-state index in [1.807, 2.05) is 13.8 Å². The molecule has 0 spiro atoms. The number of Topliss-reactive ketones (excluding diaryl/α,β-unsaturated/α-hetero) is 1. The van der Waals surface area contributed by atoms with Crippen LogP contribution in [0.3, 0.4) is 0 Å². The van der Waals surface area contributed by atoms with Gasteiger partial charge in [0.25, 0.3) is 0 Å². The molecule has 172 valence electrons. The molecule has 32 heavy (non-hydrogen) atoms. The molecule has 0 atom stereocenters. The Morgan fingerprint density at radius 1 is 0.906 bits per heavy atom. The summed E-state index contributed by atoms with van der Waals surface area (Å²) in [6.07, 6.45) is 3.05. The van der Waals surface area contributed by atoms with E-state index in [0.717, 1.165) is 6.42 Å². The number of benzene rings is 1. The van der Waals surface area contributed by atoms with Crippen LogP contribution in [0.2, 0.25) is 0 Å². The summed E-state index contributed by atoms with van der Waals surface area (Å²) in [6, 6.07) is 5.28. The van der Waals surface area contributed by atoms with E-state index in [9.17, 15) is 27.6 Å². The van der Waals surface area contributed by atoms with Gasteiger partial charge in [0, 0.05) is 10.5 Å². The number of esters is 2. The Bertz CT molecular complexity index is 1080. The number of ether oxygens (including phenoxy) is 2. The van der Waals surface area contributed by atoms with E-state index >= 15 is 0 Å². The van der Waals surface area contributed by atoms with Gasteiger partial charge in [-0.25, -0.2) is 18.0 Å². The highest BCUT2D eigenvalue weighted by atomic mass is 79.9. The van der Waals surface area contributed by atoms with Gasteiger partial charge in [-0.05, 0) is 37.1 Å². The molecule has 0 saturated heterocycles. The molecule has 2 rings (SSSR count). The molecule has 0 aliphatic heterocycles. The van der Waals surface area contributed by atoms with E-state index in [2.05, 4.69) is 15.9 Å². The lowest BCUT2D eigenvalue weighted by Crippen LogP contribution is -2.32. The number of hydrogen-bond donors (Lipinski definition) is 0. The van der Waals surface area contributed by atoms with Crippen molar-refractivity contribution in [1.82, 2.24) is 0 Å². The Balaban J connectivity index is 2.57. The maximum atomic E-state index is 13.3. The highest BCUT2D eigenvalue weighted by Crippen LogP contribution is 2.31. The number of carbonyl (C=O) groups excluding carboxylic acids is 4. The molecule has 0 fully saturated rings. The highest BCUT2D eigenvalue weighted by Gasteiger charge is 2.43. The molecule has 1 aliphatic carbocycles. The second-order valence-corrected chi connectivity index (χ2v) is 9.69. The summed E-state index contributed by atoms with van der Waals surface area (Å²) in [4.78, 5) is 49.4. The first kappa shape index (κ1) is 25.7. The van der Waals surface area contributed by atoms with Crippen molar-refractivity contribution in [2.75, 3.05) is 13.2 Å². The van der Waals surface area contributed by atoms with Gasteiger partial charge in [-0.1, -0.05) is 42.6 Å². The van der Waals surface area contributed by atoms with Crippen molar-refractivity contribution in [1.29, 1.82) is 0 Å². The summed E-state index contributed by atoms with van der Waals surface area (Å²) in [5.74, 6) is -4.75. The van der Waals surface area contributed by atoms with Crippen molar-refractivity contribution in [3.63, 3.8) is 0 Å². The van der Waals surface area contributed by atoms with Crippen molar-refractivity contribution in [2.45, 2.75) is 44.4 Å². The third-order valence-corrected chi connectivity index (χ3v) is 6.83. The van der Waals surface area contributed by atoms with E-state index in [1.54, 1.807) is 0 Å². The van der Waals surface area contributed by atoms with Crippen LogP contribution < -0.4 is 0 Å². The van der Waals surface area contributed by atoms with Gasteiger partial charge >= 0.3 is 11.9 Å². The van der Waals surface area contributed by atoms with E-state index in [-0.39, 0.29) is 18.1 Å². The number of unbranched alkanes of at least 4 members (excludes halogenated alkanes) is 2. The van der Waals surface area contributed by atoms with Crippen LogP contribution >= 0.6 is 15.9 Å². The summed E-state index contributed by atoms with van der Waals surface area (Å²) in [7, 11) is -4.64. The van der Waals surface area contributed by atoms with Crippen molar-refractivity contribution in [2.24, 2.45) is 0 Å². The van der Waals surface area contributed by atoms with Crippen LogP contribution in [0.25, 0.3) is 0 Å². The molecule has 10 heteroatoms. The van der Waals surface area contributed by atoms with Gasteiger partial charge in [0.15, 0.2) is 5.78 Å². The van der Waals surface area contributed by atoms with Gasteiger partial charge in [-0.2, -0.15) is 0 Å². The maximum Gasteiger partial charge on any atom is 0.343 e. The Morgan fingerprint density at radius 3 is 1.97 bits per heavy atom. The summed E-state index contributed by atoms with van der Waals surface area (Å²) in [5.41, 5.74) is -1.66. The number of rotatable bonds is 10. The maximum absolute atomic E-state index is 13.3. The second kappa shape index (κ2) is 11.3. The zero-order chi connectivity index (χ0) is 23.9. The smallest absolute Gasteiger partial charge is 0.343 e. The minimum absolute atomic E-state index is 0.00142. The summed E-state index contributed by atoms with van der Waals surface area (Å²) in [5, 5.41) is 0. The molecule has 1 aromatic carbocycles. The predicted molar refractivity (Wildman–Crippen MR) is 118 cm³/mol.